The van der Waals surface area contributed by atoms with Gasteiger partial charge in [-0.3, -0.25) is 0 Å². The van der Waals surface area contributed by atoms with Gasteiger partial charge in [0.25, 0.3) is 0 Å². The maximum atomic E-state index is 13.7. The van der Waals surface area contributed by atoms with Gasteiger partial charge in [0, 0.05) is 16.1 Å². The highest BCUT2D eigenvalue weighted by Gasteiger charge is 2.40. The Morgan fingerprint density at radius 1 is 1.35 bits per heavy atom. The van der Waals surface area contributed by atoms with Crippen molar-refractivity contribution in [2.75, 3.05) is 0 Å². The van der Waals surface area contributed by atoms with E-state index in [0.29, 0.717) is 17.0 Å². The summed E-state index contributed by atoms with van der Waals surface area (Å²) in [6, 6.07) is 4.80. The predicted molar refractivity (Wildman–Crippen MR) is 69.7 cm³/mol. The van der Waals surface area contributed by atoms with Gasteiger partial charge in [-0.25, -0.2) is 4.39 Å². The number of hydrogen-bond acceptors (Lipinski definition) is 1. The number of benzene rings is 1. The van der Waals surface area contributed by atoms with Gasteiger partial charge >= 0.3 is 0 Å². The molecule has 1 aromatic carbocycles. The van der Waals surface area contributed by atoms with Crippen LogP contribution in [0.1, 0.15) is 38.7 Å². The molecule has 1 saturated carbocycles. The predicted octanol–water partition coefficient (Wildman–Crippen LogP) is 3.93. The summed E-state index contributed by atoms with van der Waals surface area (Å²) in [5.74, 6) is -0.243. The second-order valence-electron chi connectivity index (χ2n) is 6.08. The van der Waals surface area contributed by atoms with Gasteiger partial charge in [0.2, 0.25) is 0 Å². The summed E-state index contributed by atoms with van der Waals surface area (Å²) in [7, 11) is 0. The Balaban J connectivity index is 2.22. The first-order valence-electron chi connectivity index (χ1n) is 6.03. The van der Waals surface area contributed by atoms with Gasteiger partial charge in [-0.2, -0.15) is 0 Å². The fraction of sp³-hybridized carbons (Fsp3) is 0.571. The van der Waals surface area contributed by atoms with Gasteiger partial charge in [-0.05, 0) is 43.2 Å². The third kappa shape index (κ3) is 2.80. The van der Waals surface area contributed by atoms with Crippen molar-refractivity contribution in [1.82, 2.24) is 0 Å². The Labute approximate surface area is 107 Å². The third-order valence-electron chi connectivity index (χ3n) is 3.72. The number of halogens is 2. The number of nitrogens with two attached hydrogens (primary N) is 1. The smallest absolute Gasteiger partial charge is 0.127 e. The topological polar surface area (TPSA) is 26.0 Å². The molecule has 2 N–H and O–H groups in total. The van der Waals surface area contributed by atoms with Crippen molar-refractivity contribution in [3.8, 4) is 0 Å². The second kappa shape index (κ2) is 4.25. The van der Waals surface area contributed by atoms with Gasteiger partial charge in [-0.15, -0.1) is 0 Å². The molecule has 1 aromatic rings. The fourth-order valence-corrected chi connectivity index (χ4v) is 3.15. The lowest BCUT2D eigenvalue weighted by atomic mass is 9.84. The summed E-state index contributed by atoms with van der Waals surface area (Å²) in [4.78, 5) is 0. The SMILES string of the molecule is CC1(C)CCC(N)(Cc2c(F)cccc2Cl)C1. The van der Waals surface area contributed by atoms with Crippen molar-refractivity contribution in [2.24, 2.45) is 11.1 Å². The van der Waals surface area contributed by atoms with Crippen LogP contribution in [0.5, 0.6) is 0 Å². The minimum atomic E-state index is -0.310. The van der Waals surface area contributed by atoms with Crippen LogP contribution in [-0.4, -0.2) is 5.54 Å². The van der Waals surface area contributed by atoms with Crippen molar-refractivity contribution < 1.29 is 4.39 Å². The molecule has 2 rings (SSSR count). The van der Waals surface area contributed by atoms with E-state index in [0.717, 1.165) is 19.3 Å². The molecule has 0 spiro atoms. The van der Waals surface area contributed by atoms with Gasteiger partial charge in [-0.1, -0.05) is 31.5 Å². The van der Waals surface area contributed by atoms with Crippen molar-refractivity contribution in [1.29, 1.82) is 0 Å². The molecule has 0 aliphatic heterocycles. The first-order valence-corrected chi connectivity index (χ1v) is 6.41. The standard InChI is InChI=1S/C14H19ClFN/c1-13(2)6-7-14(17,9-13)8-10-11(15)4-3-5-12(10)16/h3-5H,6-9,17H2,1-2H3. The van der Waals surface area contributed by atoms with Gasteiger partial charge in [0.15, 0.2) is 0 Å². The number of rotatable bonds is 2. The van der Waals surface area contributed by atoms with Crippen LogP contribution < -0.4 is 5.73 Å². The summed E-state index contributed by atoms with van der Waals surface area (Å²) < 4.78 is 13.7. The van der Waals surface area contributed by atoms with Crippen LogP contribution in [0, 0.1) is 11.2 Å². The van der Waals surface area contributed by atoms with Crippen molar-refractivity contribution in [3.05, 3.63) is 34.6 Å². The Morgan fingerprint density at radius 2 is 2.06 bits per heavy atom. The number of hydrogen-bond donors (Lipinski definition) is 1. The highest BCUT2D eigenvalue weighted by atomic mass is 35.5. The Morgan fingerprint density at radius 3 is 2.59 bits per heavy atom. The molecular weight excluding hydrogens is 237 g/mol. The molecule has 1 fully saturated rings. The lowest BCUT2D eigenvalue weighted by Crippen LogP contribution is -2.40. The van der Waals surface area contributed by atoms with Crippen LogP contribution in [0.2, 0.25) is 5.02 Å². The van der Waals surface area contributed by atoms with E-state index in [2.05, 4.69) is 13.8 Å². The first-order chi connectivity index (χ1) is 7.81. The quantitative estimate of drug-likeness (QED) is 0.851. The maximum absolute atomic E-state index is 13.7. The average molecular weight is 256 g/mol. The van der Waals surface area contributed by atoms with E-state index in [1.54, 1.807) is 12.1 Å². The zero-order valence-electron chi connectivity index (χ0n) is 10.4. The molecule has 0 heterocycles. The highest BCUT2D eigenvalue weighted by Crippen LogP contribution is 2.44. The molecule has 0 radical (unpaired) electrons. The molecule has 1 aliphatic rings. The largest absolute Gasteiger partial charge is 0.325 e. The van der Waals surface area contributed by atoms with E-state index in [1.165, 1.54) is 6.07 Å². The molecule has 0 aromatic heterocycles. The third-order valence-corrected chi connectivity index (χ3v) is 4.07. The molecule has 0 amide bonds. The second-order valence-corrected chi connectivity index (χ2v) is 6.49. The molecule has 1 atom stereocenters. The Kier molecular flexibility index (Phi) is 3.21. The van der Waals surface area contributed by atoms with Gasteiger partial charge < -0.3 is 5.73 Å². The van der Waals surface area contributed by atoms with E-state index in [-0.39, 0.29) is 16.8 Å². The van der Waals surface area contributed by atoms with Crippen LogP contribution in [0.25, 0.3) is 0 Å². The molecule has 1 nitrogen and oxygen atoms in total. The van der Waals surface area contributed by atoms with Crippen LogP contribution in [-0.2, 0) is 6.42 Å². The molecular formula is C14H19ClFN. The van der Waals surface area contributed by atoms with E-state index in [4.69, 9.17) is 17.3 Å². The minimum Gasteiger partial charge on any atom is -0.325 e. The van der Waals surface area contributed by atoms with Gasteiger partial charge in [0.05, 0.1) is 0 Å². The van der Waals surface area contributed by atoms with E-state index in [9.17, 15) is 4.39 Å². The molecule has 17 heavy (non-hydrogen) atoms. The molecule has 0 bridgehead atoms. The normalized spacial score (nSPS) is 27.4. The first kappa shape index (κ1) is 12.8. The van der Waals surface area contributed by atoms with Crippen LogP contribution in [0.3, 0.4) is 0 Å². The monoisotopic (exact) mass is 255 g/mol. The van der Waals surface area contributed by atoms with Crippen LogP contribution >= 0.6 is 11.6 Å². The molecule has 1 aliphatic carbocycles. The van der Waals surface area contributed by atoms with Crippen LogP contribution in [0.15, 0.2) is 18.2 Å². The van der Waals surface area contributed by atoms with Crippen molar-refractivity contribution in [2.45, 2.75) is 45.1 Å². The lowest BCUT2D eigenvalue weighted by Gasteiger charge is -2.27. The van der Waals surface area contributed by atoms with Crippen molar-refractivity contribution >= 4 is 11.6 Å². The molecule has 0 saturated heterocycles. The fourth-order valence-electron chi connectivity index (χ4n) is 2.92. The zero-order chi connectivity index (χ0) is 12.7. The van der Waals surface area contributed by atoms with E-state index >= 15 is 0 Å². The van der Waals surface area contributed by atoms with E-state index < -0.39 is 0 Å². The highest BCUT2D eigenvalue weighted by molar-refractivity contribution is 6.31. The Bertz CT molecular complexity index is 410. The van der Waals surface area contributed by atoms with E-state index in [1.807, 2.05) is 0 Å². The molecule has 94 valence electrons. The lowest BCUT2D eigenvalue weighted by molar-refractivity contribution is 0.332. The summed E-state index contributed by atoms with van der Waals surface area (Å²) >= 11 is 6.05. The Hall–Kier alpha value is -0.600. The van der Waals surface area contributed by atoms with Gasteiger partial charge in [0.1, 0.15) is 5.82 Å². The van der Waals surface area contributed by atoms with Crippen molar-refractivity contribution in [3.63, 3.8) is 0 Å². The van der Waals surface area contributed by atoms with Crippen LogP contribution in [0.4, 0.5) is 4.39 Å². The summed E-state index contributed by atoms with van der Waals surface area (Å²) in [6.45, 7) is 4.43. The molecule has 3 heteroatoms. The summed E-state index contributed by atoms with van der Waals surface area (Å²) in [5, 5.41) is 0.486. The minimum absolute atomic E-state index is 0.243. The zero-order valence-corrected chi connectivity index (χ0v) is 11.1. The summed E-state index contributed by atoms with van der Waals surface area (Å²) in [6.07, 6.45) is 3.48. The molecule has 1 unspecified atom stereocenters. The maximum Gasteiger partial charge on any atom is 0.127 e. The average Bonchev–Trinajstić information content (AvgIpc) is 2.48. The summed E-state index contributed by atoms with van der Waals surface area (Å²) in [5.41, 5.74) is 6.89.